The number of aliphatic carboxylic acids is 1. The number of halogens is 2. The molecule has 0 atom stereocenters. The quantitative estimate of drug-likeness (QED) is 0.397. The third kappa shape index (κ3) is 5.13. The van der Waals surface area contributed by atoms with E-state index in [9.17, 15) is 9.90 Å². The summed E-state index contributed by atoms with van der Waals surface area (Å²) in [5.41, 5.74) is 2.58. The van der Waals surface area contributed by atoms with Crippen LogP contribution >= 0.6 is 23.2 Å². The Kier molecular flexibility index (Phi) is 6.17. The van der Waals surface area contributed by atoms with Crippen LogP contribution in [0.5, 0.6) is 5.75 Å². The average molecular weight is 399 g/mol. The number of benzene rings is 3. The molecule has 0 radical (unpaired) electrons. The highest BCUT2D eigenvalue weighted by molar-refractivity contribution is 6.42. The summed E-state index contributed by atoms with van der Waals surface area (Å²) in [7, 11) is 0. The predicted molar refractivity (Wildman–Crippen MR) is 109 cm³/mol. The molecule has 1 N–H and O–H groups in total. The number of hydrogen-bond donors (Lipinski definition) is 1. The number of carbonyl (C=O) groups is 1. The number of carboxylic acids is 1. The fourth-order valence-corrected chi connectivity index (χ4v) is 2.83. The second-order valence-corrected chi connectivity index (χ2v) is 6.65. The minimum absolute atomic E-state index is 0.236. The fraction of sp³-hybridized carbons (Fsp3) is 0.0455. The van der Waals surface area contributed by atoms with E-state index in [0.717, 1.165) is 11.1 Å². The molecule has 0 saturated heterocycles. The minimum atomic E-state index is -0.971. The lowest BCUT2D eigenvalue weighted by Crippen LogP contribution is -1.99. The van der Waals surface area contributed by atoms with Gasteiger partial charge in [0.15, 0.2) is 0 Å². The van der Waals surface area contributed by atoms with Gasteiger partial charge in [-0.05, 0) is 47.0 Å². The van der Waals surface area contributed by atoms with Crippen LogP contribution in [0.4, 0.5) is 0 Å². The zero-order valence-corrected chi connectivity index (χ0v) is 15.7. The van der Waals surface area contributed by atoms with Gasteiger partial charge in [-0.3, -0.25) is 0 Å². The number of carboxylic acid groups (broad SMARTS) is 1. The van der Waals surface area contributed by atoms with Crippen molar-refractivity contribution in [3.05, 3.63) is 99.5 Å². The molecule has 0 unspecified atom stereocenters. The van der Waals surface area contributed by atoms with E-state index in [2.05, 4.69) is 0 Å². The van der Waals surface area contributed by atoms with E-state index in [1.165, 1.54) is 0 Å². The molecule has 3 nitrogen and oxygen atoms in total. The normalized spacial score (nSPS) is 11.3. The Labute approximate surface area is 167 Å². The molecule has 0 amide bonds. The molecule has 3 rings (SSSR count). The molecule has 0 aliphatic carbocycles. The Hall–Kier alpha value is -2.75. The van der Waals surface area contributed by atoms with Gasteiger partial charge in [0.2, 0.25) is 0 Å². The van der Waals surface area contributed by atoms with Crippen LogP contribution in [-0.2, 0) is 11.4 Å². The van der Waals surface area contributed by atoms with E-state index in [0.29, 0.717) is 28.0 Å². The van der Waals surface area contributed by atoms with Crippen molar-refractivity contribution in [3.63, 3.8) is 0 Å². The van der Waals surface area contributed by atoms with Crippen LogP contribution < -0.4 is 4.74 Å². The van der Waals surface area contributed by atoms with E-state index in [-0.39, 0.29) is 5.57 Å². The molecule has 0 saturated carbocycles. The number of rotatable bonds is 6. The number of hydrogen-bond acceptors (Lipinski definition) is 2. The van der Waals surface area contributed by atoms with Crippen LogP contribution in [0.2, 0.25) is 10.0 Å². The second kappa shape index (κ2) is 8.76. The Morgan fingerprint density at radius 1 is 0.926 bits per heavy atom. The molecular formula is C22H16Cl2O3. The molecule has 0 aliphatic rings. The van der Waals surface area contributed by atoms with Gasteiger partial charge in [-0.25, -0.2) is 4.79 Å². The first kappa shape index (κ1) is 19.0. The summed E-state index contributed by atoms with van der Waals surface area (Å²) >= 11 is 11.9. The molecule has 136 valence electrons. The van der Waals surface area contributed by atoms with Crippen molar-refractivity contribution < 1.29 is 14.6 Å². The van der Waals surface area contributed by atoms with Crippen LogP contribution in [0.3, 0.4) is 0 Å². The first-order valence-corrected chi connectivity index (χ1v) is 8.96. The van der Waals surface area contributed by atoms with Gasteiger partial charge in [-0.1, -0.05) is 71.7 Å². The van der Waals surface area contributed by atoms with Gasteiger partial charge in [-0.2, -0.15) is 0 Å². The van der Waals surface area contributed by atoms with Gasteiger partial charge in [0, 0.05) is 0 Å². The topological polar surface area (TPSA) is 46.5 Å². The number of ether oxygens (including phenoxy) is 1. The van der Waals surface area contributed by atoms with E-state index in [1.54, 1.807) is 42.5 Å². The lowest BCUT2D eigenvalue weighted by molar-refractivity contribution is -0.130. The molecule has 0 bridgehead atoms. The van der Waals surface area contributed by atoms with Crippen LogP contribution in [0.1, 0.15) is 16.7 Å². The lowest BCUT2D eigenvalue weighted by Gasteiger charge is -2.08. The largest absolute Gasteiger partial charge is 0.489 e. The summed E-state index contributed by atoms with van der Waals surface area (Å²) in [5.74, 6) is -0.295. The van der Waals surface area contributed by atoms with Crippen molar-refractivity contribution in [1.82, 2.24) is 0 Å². The second-order valence-electron chi connectivity index (χ2n) is 5.84. The summed E-state index contributed by atoms with van der Waals surface area (Å²) in [6.07, 6.45) is 1.64. The highest BCUT2D eigenvalue weighted by Gasteiger charge is 2.10. The molecule has 3 aromatic rings. The molecule has 0 aliphatic heterocycles. The SMILES string of the molecule is O=C(O)/C(=C\c1ccc(OCc2ccc(Cl)c(Cl)c2)cc1)c1ccccc1. The Balaban J connectivity index is 1.72. The van der Waals surface area contributed by atoms with Gasteiger partial charge < -0.3 is 9.84 Å². The van der Waals surface area contributed by atoms with Gasteiger partial charge in [0.05, 0.1) is 15.6 Å². The van der Waals surface area contributed by atoms with Crippen LogP contribution in [0.25, 0.3) is 11.6 Å². The van der Waals surface area contributed by atoms with Crippen LogP contribution in [0.15, 0.2) is 72.8 Å². The summed E-state index contributed by atoms with van der Waals surface area (Å²) in [4.78, 5) is 11.6. The molecule has 3 aromatic carbocycles. The monoisotopic (exact) mass is 398 g/mol. The Morgan fingerprint density at radius 3 is 2.26 bits per heavy atom. The van der Waals surface area contributed by atoms with Crippen LogP contribution in [0, 0.1) is 0 Å². The molecule has 0 heterocycles. The van der Waals surface area contributed by atoms with E-state index in [4.69, 9.17) is 27.9 Å². The van der Waals surface area contributed by atoms with Gasteiger partial charge in [-0.15, -0.1) is 0 Å². The molecular weight excluding hydrogens is 383 g/mol. The fourth-order valence-electron chi connectivity index (χ4n) is 2.51. The smallest absolute Gasteiger partial charge is 0.336 e. The van der Waals surface area contributed by atoms with Crippen molar-refractivity contribution in [2.75, 3.05) is 0 Å². The highest BCUT2D eigenvalue weighted by Crippen LogP contribution is 2.24. The summed E-state index contributed by atoms with van der Waals surface area (Å²) in [5, 5.41) is 10.5. The maximum absolute atomic E-state index is 11.6. The van der Waals surface area contributed by atoms with Gasteiger partial charge in [0.25, 0.3) is 0 Å². The van der Waals surface area contributed by atoms with E-state index < -0.39 is 5.97 Å². The van der Waals surface area contributed by atoms with Gasteiger partial charge in [0.1, 0.15) is 12.4 Å². The highest BCUT2D eigenvalue weighted by atomic mass is 35.5. The average Bonchev–Trinajstić information content (AvgIpc) is 2.68. The molecule has 0 fully saturated rings. The Bertz CT molecular complexity index is 965. The van der Waals surface area contributed by atoms with Crippen molar-refractivity contribution in [2.24, 2.45) is 0 Å². The molecule has 0 spiro atoms. The Morgan fingerprint density at radius 2 is 1.63 bits per heavy atom. The van der Waals surface area contributed by atoms with Crippen molar-refractivity contribution >= 4 is 40.8 Å². The molecule has 5 heteroatoms. The van der Waals surface area contributed by atoms with Crippen molar-refractivity contribution in [2.45, 2.75) is 6.61 Å². The minimum Gasteiger partial charge on any atom is -0.489 e. The van der Waals surface area contributed by atoms with E-state index >= 15 is 0 Å². The third-order valence-electron chi connectivity index (χ3n) is 3.90. The van der Waals surface area contributed by atoms with E-state index in [1.807, 2.05) is 36.4 Å². The van der Waals surface area contributed by atoms with Crippen LogP contribution in [-0.4, -0.2) is 11.1 Å². The van der Waals surface area contributed by atoms with Crippen molar-refractivity contribution in [1.29, 1.82) is 0 Å². The molecule has 0 aromatic heterocycles. The first-order valence-electron chi connectivity index (χ1n) is 8.20. The standard InChI is InChI=1S/C22H16Cl2O3/c23-20-11-8-16(13-21(20)24)14-27-18-9-6-15(7-10-18)12-19(22(25)26)17-4-2-1-3-5-17/h1-13H,14H2,(H,25,26)/b19-12-. The summed E-state index contributed by atoms with van der Waals surface area (Å²) < 4.78 is 5.74. The third-order valence-corrected chi connectivity index (χ3v) is 4.63. The zero-order chi connectivity index (χ0) is 19.2. The summed E-state index contributed by atoms with van der Waals surface area (Å²) in [6.45, 7) is 0.358. The zero-order valence-electron chi connectivity index (χ0n) is 14.2. The predicted octanol–water partition coefficient (Wildman–Crippen LogP) is 6.20. The van der Waals surface area contributed by atoms with Crippen molar-refractivity contribution in [3.8, 4) is 5.75 Å². The lowest BCUT2D eigenvalue weighted by atomic mass is 10.0. The maximum Gasteiger partial charge on any atom is 0.336 e. The van der Waals surface area contributed by atoms with Gasteiger partial charge >= 0.3 is 5.97 Å². The molecule has 27 heavy (non-hydrogen) atoms. The first-order chi connectivity index (χ1) is 13.0. The maximum atomic E-state index is 11.6. The summed E-state index contributed by atoms with van der Waals surface area (Å²) in [6, 6.07) is 21.6.